The van der Waals surface area contributed by atoms with E-state index in [9.17, 15) is 4.39 Å². The highest BCUT2D eigenvalue weighted by Gasteiger charge is 2.39. The van der Waals surface area contributed by atoms with Crippen molar-refractivity contribution < 1.29 is 4.39 Å². The third-order valence-electron chi connectivity index (χ3n) is 5.11. The van der Waals surface area contributed by atoms with Gasteiger partial charge < -0.3 is 10.6 Å². The SMILES string of the molecule is Cl.Fc1ccc(CNC2CCCC3c4cc(Br)ccc4NC23)cc1. The minimum absolute atomic E-state index is 0. The smallest absolute Gasteiger partial charge is 0.123 e. The Morgan fingerprint density at radius 2 is 1.92 bits per heavy atom. The lowest BCUT2D eigenvalue weighted by molar-refractivity contribution is 0.319. The number of benzene rings is 2. The van der Waals surface area contributed by atoms with Crippen LogP contribution in [-0.4, -0.2) is 12.1 Å². The molecule has 4 rings (SSSR count). The van der Waals surface area contributed by atoms with E-state index >= 15 is 0 Å². The number of hydrogen-bond donors (Lipinski definition) is 2. The molecule has 128 valence electrons. The van der Waals surface area contributed by atoms with E-state index in [1.54, 1.807) is 0 Å². The summed E-state index contributed by atoms with van der Waals surface area (Å²) in [5.41, 5.74) is 3.85. The van der Waals surface area contributed by atoms with Gasteiger partial charge in [-0.1, -0.05) is 34.5 Å². The Hall–Kier alpha value is -1.10. The molecular formula is C19H21BrClFN2. The maximum Gasteiger partial charge on any atom is 0.123 e. The highest BCUT2D eigenvalue weighted by Crippen LogP contribution is 2.44. The molecule has 1 saturated carbocycles. The van der Waals surface area contributed by atoms with E-state index in [-0.39, 0.29) is 18.2 Å². The Bertz CT molecular complexity index is 707. The van der Waals surface area contributed by atoms with Crippen molar-refractivity contribution in [3.8, 4) is 0 Å². The van der Waals surface area contributed by atoms with Gasteiger partial charge in [0.2, 0.25) is 0 Å². The quantitative estimate of drug-likeness (QED) is 0.722. The van der Waals surface area contributed by atoms with E-state index in [2.05, 4.69) is 44.8 Å². The monoisotopic (exact) mass is 410 g/mol. The molecule has 0 spiro atoms. The molecule has 0 aromatic heterocycles. The molecule has 2 nitrogen and oxygen atoms in total. The maximum atomic E-state index is 13.0. The summed E-state index contributed by atoms with van der Waals surface area (Å²) in [4.78, 5) is 0. The zero-order valence-electron chi connectivity index (χ0n) is 13.3. The topological polar surface area (TPSA) is 24.1 Å². The highest BCUT2D eigenvalue weighted by molar-refractivity contribution is 9.10. The Balaban J connectivity index is 0.00000169. The standard InChI is InChI=1S/C19H20BrFN2.ClH/c20-13-6-9-17-16(10-13)15-2-1-3-18(19(15)23-17)22-11-12-4-7-14(21)8-5-12;/h4-10,15,18-19,22-23H,1-3,11H2;1H. The second-order valence-corrected chi connectivity index (χ2v) is 7.47. The number of anilines is 1. The first kappa shape index (κ1) is 17.7. The second kappa shape index (κ2) is 7.42. The van der Waals surface area contributed by atoms with Gasteiger partial charge in [0.15, 0.2) is 0 Å². The summed E-state index contributed by atoms with van der Waals surface area (Å²) in [6.45, 7) is 0.788. The molecule has 0 bridgehead atoms. The van der Waals surface area contributed by atoms with Gasteiger partial charge in [-0.15, -0.1) is 12.4 Å². The maximum absolute atomic E-state index is 13.0. The van der Waals surface area contributed by atoms with Crippen LogP contribution in [0.1, 0.15) is 36.3 Å². The number of nitrogens with one attached hydrogen (secondary N) is 2. The van der Waals surface area contributed by atoms with E-state index in [0.717, 1.165) is 16.6 Å². The molecular weight excluding hydrogens is 391 g/mol. The molecule has 3 unspecified atom stereocenters. The van der Waals surface area contributed by atoms with Crippen molar-refractivity contribution in [1.82, 2.24) is 5.32 Å². The van der Waals surface area contributed by atoms with Crippen molar-refractivity contribution in [1.29, 1.82) is 0 Å². The van der Waals surface area contributed by atoms with Crippen molar-refractivity contribution in [2.75, 3.05) is 5.32 Å². The first-order valence-electron chi connectivity index (χ1n) is 8.24. The van der Waals surface area contributed by atoms with Gasteiger partial charge in [0.05, 0.1) is 0 Å². The molecule has 2 aromatic carbocycles. The minimum Gasteiger partial charge on any atom is -0.380 e. The fraction of sp³-hybridized carbons (Fsp3) is 0.368. The highest BCUT2D eigenvalue weighted by atomic mass is 79.9. The van der Waals surface area contributed by atoms with Crippen molar-refractivity contribution in [3.05, 3.63) is 63.9 Å². The lowest BCUT2D eigenvalue weighted by atomic mass is 9.79. The van der Waals surface area contributed by atoms with E-state index in [1.807, 2.05) is 12.1 Å². The summed E-state index contributed by atoms with van der Waals surface area (Å²) >= 11 is 3.59. The van der Waals surface area contributed by atoms with Gasteiger partial charge in [-0.25, -0.2) is 4.39 Å². The largest absolute Gasteiger partial charge is 0.380 e. The molecule has 5 heteroatoms. The normalized spacial score (nSPS) is 24.5. The molecule has 1 heterocycles. The van der Waals surface area contributed by atoms with E-state index < -0.39 is 0 Å². The van der Waals surface area contributed by atoms with Gasteiger partial charge in [0, 0.05) is 34.7 Å². The van der Waals surface area contributed by atoms with E-state index in [4.69, 9.17) is 0 Å². The lowest BCUT2D eigenvalue weighted by Crippen LogP contribution is -2.47. The van der Waals surface area contributed by atoms with Gasteiger partial charge in [0.25, 0.3) is 0 Å². The average molecular weight is 412 g/mol. The van der Waals surface area contributed by atoms with E-state index in [0.29, 0.717) is 18.0 Å². The first-order chi connectivity index (χ1) is 11.2. The van der Waals surface area contributed by atoms with Crippen LogP contribution in [0.2, 0.25) is 0 Å². The molecule has 3 atom stereocenters. The van der Waals surface area contributed by atoms with Crippen LogP contribution in [0.5, 0.6) is 0 Å². The average Bonchev–Trinajstić information content (AvgIpc) is 2.93. The summed E-state index contributed by atoms with van der Waals surface area (Å²) in [6.07, 6.45) is 3.68. The van der Waals surface area contributed by atoms with Crippen LogP contribution in [0, 0.1) is 5.82 Å². The van der Waals surface area contributed by atoms with Crippen LogP contribution in [-0.2, 0) is 6.54 Å². The summed E-state index contributed by atoms with van der Waals surface area (Å²) in [5.74, 6) is 0.409. The molecule has 2 N–H and O–H groups in total. The molecule has 1 fully saturated rings. The van der Waals surface area contributed by atoms with E-state index in [1.165, 1.54) is 42.6 Å². The second-order valence-electron chi connectivity index (χ2n) is 6.55. The van der Waals surface area contributed by atoms with Gasteiger partial charge in [-0.2, -0.15) is 0 Å². The number of halogens is 3. The number of fused-ring (bicyclic) bond motifs is 3. The van der Waals surface area contributed by atoms with Crippen molar-refractivity contribution in [2.45, 2.75) is 43.8 Å². The predicted octanol–water partition coefficient (Wildman–Crippen LogP) is 5.23. The summed E-state index contributed by atoms with van der Waals surface area (Å²) in [5, 5.41) is 7.40. The Morgan fingerprint density at radius 3 is 2.71 bits per heavy atom. The van der Waals surface area contributed by atoms with Crippen LogP contribution in [0.3, 0.4) is 0 Å². The molecule has 1 aliphatic carbocycles. The Labute approximate surface area is 156 Å². The molecule has 1 aliphatic heterocycles. The number of rotatable bonds is 3. The van der Waals surface area contributed by atoms with Crippen molar-refractivity contribution in [2.24, 2.45) is 0 Å². The molecule has 2 aromatic rings. The zero-order chi connectivity index (χ0) is 15.8. The van der Waals surface area contributed by atoms with Crippen LogP contribution < -0.4 is 10.6 Å². The summed E-state index contributed by atoms with van der Waals surface area (Å²) in [7, 11) is 0. The van der Waals surface area contributed by atoms with Crippen LogP contribution in [0.25, 0.3) is 0 Å². The Kier molecular flexibility index (Phi) is 5.48. The van der Waals surface area contributed by atoms with Crippen LogP contribution in [0.15, 0.2) is 46.9 Å². The Morgan fingerprint density at radius 1 is 1.12 bits per heavy atom. The van der Waals surface area contributed by atoms with Crippen molar-refractivity contribution >= 4 is 34.0 Å². The summed E-state index contributed by atoms with van der Waals surface area (Å²) < 4.78 is 14.2. The molecule has 0 amide bonds. The fourth-order valence-electron chi connectivity index (χ4n) is 3.98. The number of hydrogen-bond acceptors (Lipinski definition) is 2. The van der Waals surface area contributed by atoms with Gasteiger partial charge >= 0.3 is 0 Å². The molecule has 24 heavy (non-hydrogen) atoms. The van der Waals surface area contributed by atoms with Gasteiger partial charge in [-0.3, -0.25) is 0 Å². The van der Waals surface area contributed by atoms with Crippen molar-refractivity contribution in [3.63, 3.8) is 0 Å². The molecule has 0 saturated heterocycles. The summed E-state index contributed by atoms with van der Waals surface area (Å²) in [6, 6.07) is 14.2. The first-order valence-corrected chi connectivity index (χ1v) is 9.04. The molecule has 2 aliphatic rings. The minimum atomic E-state index is -0.176. The van der Waals surface area contributed by atoms with Crippen LogP contribution >= 0.6 is 28.3 Å². The zero-order valence-corrected chi connectivity index (χ0v) is 15.7. The van der Waals surface area contributed by atoms with Gasteiger partial charge in [0.1, 0.15) is 5.82 Å². The van der Waals surface area contributed by atoms with Crippen LogP contribution in [0.4, 0.5) is 10.1 Å². The predicted molar refractivity (Wildman–Crippen MR) is 102 cm³/mol. The van der Waals surface area contributed by atoms with Gasteiger partial charge in [-0.05, 0) is 54.3 Å². The fourth-order valence-corrected chi connectivity index (χ4v) is 4.36. The lowest BCUT2D eigenvalue weighted by Gasteiger charge is -2.35. The third kappa shape index (κ3) is 3.46. The molecule has 0 radical (unpaired) electrons. The third-order valence-corrected chi connectivity index (χ3v) is 5.61.